The van der Waals surface area contributed by atoms with Crippen LogP contribution in [-0.2, 0) is 0 Å². The van der Waals surface area contributed by atoms with Gasteiger partial charge in [0.1, 0.15) is 0 Å². The molecular formula is C16H14N2O. The predicted molar refractivity (Wildman–Crippen MR) is 76.0 cm³/mol. The monoisotopic (exact) mass is 250 g/mol. The number of hydrogen-bond acceptors (Lipinski definition) is 2. The van der Waals surface area contributed by atoms with Gasteiger partial charge in [0.05, 0.1) is 6.04 Å². The van der Waals surface area contributed by atoms with Crippen molar-refractivity contribution in [2.24, 2.45) is 5.73 Å². The second-order valence-corrected chi connectivity index (χ2v) is 4.53. The first kappa shape index (κ1) is 11.7. The first-order chi connectivity index (χ1) is 9.25. The molecule has 3 nitrogen and oxygen atoms in total. The number of nitrogens with one attached hydrogen (secondary N) is 1. The van der Waals surface area contributed by atoms with Crippen LogP contribution in [0.25, 0.3) is 10.9 Å². The number of hydrogen-bond donors (Lipinski definition) is 2. The van der Waals surface area contributed by atoms with Gasteiger partial charge in [-0.25, -0.2) is 0 Å². The van der Waals surface area contributed by atoms with Gasteiger partial charge < -0.3 is 10.7 Å². The highest BCUT2D eigenvalue weighted by atomic mass is 16.1. The van der Waals surface area contributed by atoms with Crippen molar-refractivity contribution >= 4 is 16.7 Å². The van der Waals surface area contributed by atoms with Gasteiger partial charge in [-0.1, -0.05) is 42.5 Å². The summed E-state index contributed by atoms with van der Waals surface area (Å²) in [6, 6.07) is 16.4. The molecule has 19 heavy (non-hydrogen) atoms. The molecule has 0 radical (unpaired) electrons. The van der Waals surface area contributed by atoms with Crippen LogP contribution in [0.3, 0.4) is 0 Å². The van der Waals surface area contributed by atoms with E-state index in [4.69, 9.17) is 5.73 Å². The minimum absolute atomic E-state index is 0.0669. The van der Waals surface area contributed by atoms with Crippen LogP contribution in [0.5, 0.6) is 0 Å². The molecule has 0 saturated carbocycles. The molecule has 0 aliphatic heterocycles. The number of nitrogens with two attached hydrogens (primary N) is 1. The number of aromatic amines is 1. The van der Waals surface area contributed by atoms with E-state index in [1.54, 1.807) is 0 Å². The van der Waals surface area contributed by atoms with E-state index >= 15 is 0 Å². The summed E-state index contributed by atoms with van der Waals surface area (Å²) >= 11 is 0. The SMILES string of the molecule is NC(C(=O)c1ccc2cc[nH]c2c1)c1ccccc1. The second kappa shape index (κ2) is 4.71. The molecule has 0 amide bonds. The van der Waals surface area contributed by atoms with Crippen LogP contribution in [0, 0.1) is 0 Å². The molecule has 1 unspecified atom stereocenters. The number of Topliss-reactive ketones (excluding diaryl/α,β-unsaturated/α-hetero) is 1. The molecule has 94 valence electrons. The first-order valence-corrected chi connectivity index (χ1v) is 6.17. The number of H-pyrrole nitrogens is 1. The Hall–Kier alpha value is -2.39. The van der Waals surface area contributed by atoms with Gasteiger partial charge in [0.25, 0.3) is 0 Å². The molecule has 2 aromatic carbocycles. The molecule has 0 bridgehead atoms. The van der Waals surface area contributed by atoms with Crippen LogP contribution < -0.4 is 5.73 Å². The number of fused-ring (bicyclic) bond motifs is 1. The molecule has 3 rings (SSSR count). The second-order valence-electron chi connectivity index (χ2n) is 4.53. The van der Waals surface area contributed by atoms with E-state index < -0.39 is 6.04 Å². The third kappa shape index (κ3) is 2.16. The van der Waals surface area contributed by atoms with Crippen molar-refractivity contribution in [1.29, 1.82) is 0 Å². The van der Waals surface area contributed by atoms with E-state index in [9.17, 15) is 4.79 Å². The Morgan fingerprint density at radius 2 is 1.84 bits per heavy atom. The third-order valence-electron chi connectivity index (χ3n) is 3.28. The van der Waals surface area contributed by atoms with Crippen molar-refractivity contribution in [3.8, 4) is 0 Å². The lowest BCUT2D eigenvalue weighted by Gasteiger charge is -2.11. The number of benzene rings is 2. The largest absolute Gasteiger partial charge is 0.361 e. The molecule has 0 aliphatic carbocycles. The summed E-state index contributed by atoms with van der Waals surface area (Å²) in [6.07, 6.45) is 1.86. The van der Waals surface area contributed by atoms with Gasteiger partial charge in [-0.05, 0) is 23.1 Å². The highest BCUT2D eigenvalue weighted by Crippen LogP contribution is 2.19. The lowest BCUT2D eigenvalue weighted by molar-refractivity contribution is 0.0961. The fourth-order valence-corrected chi connectivity index (χ4v) is 2.19. The van der Waals surface area contributed by atoms with Gasteiger partial charge in [0.15, 0.2) is 5.78 Å². The number of carbonyl (C=O) groups is 1. The molecular weight excluding hydrogens is 236 g/mol. The van der Waals surface area contributed by atoms with Crippen LogP contribution in [0.4, 0.5) is 0 Å². The van der Waals surface area contributed by atoms with Crippen LogP contribution in [0.2, 0.25) is 0 Å². The van der Waals surface area contributed by atoms with E-state index in [-0.39, 0.29) is 5.78 Å². The third-order valence-corrected chi connectivity index (χ3v) is 3.28. The molecule has 3 heteroatoms. The number of rotatable bonds is 3. The normalized spacial score (nSPS) is 12.5. The van der Waals surface area contributed by atoms with Gasteiger partial charge in [0.2, 0.25) is 0 Å². The topological polar surface area (TPSA) is 58.9 Å². The Kier molecular flexibility index (Phi) is 2.89. The zero-order valence-electron chi connectivity index (χ0n) is 10.3. The smallest absolute Gasteiger partial charge is 0.184 e. The van der Waals surface area contributed by atoms with Crippen LogP contribution in [-0.4, -0.2) is 10.8 Å². The van der Waals surface area contributed by atoms with Crippen molar-refractivity contribution in [2.75, 3.05) is 0 Å². The number of ketones is 1. The maximum Gasteiger partial charge on any atom is 0.184 e. The van der Waals surface area contributed by atoms with Crippen molar-refractivity contribution in [3.05, 3.63) is 71.9 Å². The summed E-state index contributed by atoms with van der Waals surface area (Å²) in [5, 5.41) is 1.09. The van der Waals surface area contributed by atoms with Crippen molar-refractivity contribution < 1.29 is 4.79 Å². The Morgan fingerprint density at radius 1 is 1.05 bits per heavy atom. The molecule has 3 aromatic rings. The fourth-order valence-electron chi connectivity index (χ4n) is 2.19. The van der Waals surface area contributed by atoms with E-state index in [0.717, 1.165) is 16.5 Å². The summed E-state index contributed by atoms with van der Waals surface area (Å²) in [7, 11) is 0. The average Bonchev–Trinajstić information content (AvgIpc) is 2.94. The van der Waals surface area contributed by atoms with Crippen molar-refractivity contribution in [2.45, 2.75) is 6.04 Å². The molecule has 0 spiro atoms. The zero-order valence-corrected chi connectivity index (χ0v) is 10.3. The Balaban J connectivity index is 1.95. The molecule has 0 fully saturated rings. The Bertz CT molecular complexity index is 716. The molecule has 1 aromatic heterocycles. The molecule has 1 atom stereocenters. The lowest BCUT2D eigenvalue weighted by atomic mass is 9.98. The Morgan fingerprint density at radius 3 is 2.63 bits per heavy atom. The van der Waals surface area contributed by atoms with Gasteiger partial charge in [-0.3, -0.25) is 4.79 Å². The van der Waals surface area contributed by atoms with E-state index in [2.05, 4.69) is 4.98 Å². The van der Waals surface area contributed by atoms with Gasteiger partial charge in [-0.15, -0.1) is 0 Å². The van der Waals surface area contributed by atoms with E-state index in [1.165, 1.54) is 0 Å². The predicted octanol–water partition coefficient (Wildman–Crippen LogP) is 3.05. The van der Waals surface area contributed by atoms with Crippen LogP contribution in [0.15, 0.2) is 60.8 Å². The van der Waals surface area contributed by atoms with E-state index in [1.807, 2.05) is 60.8 Å². The Labute approximate surface area is 111 Å². The quantitative estimate of drug-likeness (QED) is 0.702. The van der Waals surface area contributed by atoms with Gasteiger partial charge in [-0.2, -0.15) is 0 Å². The fraction of sp³-hybridized carbons (Fsp3) is 0.0625. The van der Waals surface area contributed by atoms with Crippen molar-refractivity contribution in [1.82, 2.24) is 4.98 Å². The highest BCUT2D eigenvalue weighted by molar-refractivity contribution is 6.02. The summed E-state index contributed by atoms with van der Waals surface area (Å²) < 4.78 is 0. The van der Waals surface area contributed by atoms with Crippen LogP contribution in [0.1, 0.15) is 22.0 Å². The van der Waals surface area contributed by atoms with Gasteiger partial charge in [0, 0.05) is 17.3 Å². The highest BCUT2D eigenvalue weighted by Gasteiger charge is 2.17. The zero-order chi connectivity index (χ0) is 13.2. The van der Waals surface area contributed by atoms with Crippen LogP contribution >= 0.6 is 0 Å². The minimum atomic E-state index is -0.617. The summed E-state index contributed by atoms with van der Waals surface area (Å²) in [6.45, 7) is 0. The number of carbonyl (C=O) groups excluding carboxylic acids is 1. The molecule has 3 N–H and O–H groups in total. The minimum Gasteiger partial charge on any atom is -0.361 e. The first-order valence-electron chi connectivity index (χ1n) is 6.17. The maximum absolute atomic E-state index is 12.4. The summed E-state index contributed by atoms with van der Waals surface area (Å²) in [4.78, 5) is 15.5. The molecule has 0 saturated heterocycles. The standard InChI is InChI=1S/C16H14N2O/c17-15(12-4-2-1-3-5-12)16(19)13-7-6-11-8-9-18-14(11)10-13/h1-10,15,18H,17H2. The van der Waals surface area contributed by atoms with Gasteiger partial charge >= 0.3 is 0 Å². The summed E-state index contributed by atoms with van der Waals surface area (Å²) in [5.74, 6) is -0.0669. The maximum atomic E-state index is 12.4. The van der Waals surface area contributed by atoms with Crippen molar-refractivity contribution in [3.63, 3.8) is 0 Å². The lowest BCUT2D eigenvalue weighted by Crippen LogP contribution is -2.21. The van der Waals surface area contributed by atoms with E-state index in [0.29, 0.717) is 5.56 Å². The molecule has 0 aliphatic rings. The summed E-state index contributed by atoms with van der Waals surface area (Å²) in [5.41, 5.74) is 8.44. The number of aromatic nitrogens is 1. The average molecular weight is 250 g/mol. The molecule has 1 heterocycles.